The number of nitro groups is 1. The number of non-ortho nitro benzene ring substituents is 1. The average Bonchev–Trinajstić information content (AvgIpc) is 3.28. The van der Waals surface area contributed by atoms with E-state index < -0.39 is 4.92 Å². The van der Waals surface area contributed by atoms with Crippen molar-refractivity contribution in [3.8, 4) is 0 Å². The second-order valence-electron chi connectivity index (χ2n) is 4.89. The van der Waals surface area contributed by atoms with Crippen LogP contribution in [0, 0.1) is 10.1 Å². The molecule has 0 aromatic heterocycles. The first kappa shape index (κ1) is 11.5. The van der Waals surface area contributed by atoms with Crippen LogP contribution in [-0.2, 0) is 0 Å². The summed E-state index contributed by atoms with van der Waals surface area (Å²) in [5, 5.41) is 12.2. The van der Waals surface area contributed by atoms with Gasteiger partial charge < -0.3 is 0 Å². The highest BCUT2D eigenvalue weighted by molar-refractivity contribution is 8.14. The number of rotatable bonds is 3. The summed E-state index contributed by atoms with van der Waals surface area (Å²) < 4.78 is -0.388. The van der Waals surface area contributed by atoms with E-state index in [-0.39, 0.29) is 16.2 Å². The van der Waals surface area contributed by atoms with Crippen LogP contribution in [0.4, 0.5) is 5.69 Å². The number of nitro benzene ring substituents is 1. The molecular formula is C13H9NO3S2. The molecule has 2 saturated heterocycles. The SMILES string of the molecule is O=C(c1ccc([N+](=O)[O-])cc1)C12C=CC3SC3C1S2. The van der Waals surface area contributed by atoms with Crippen LogP contribution in [0.25, 0.3) is 0 Å². The van der Waals surface area contributed by atoms with Crippen molar-refractivity contribution in [1.29, 1.82) is 0 Å². The van der Waals surface area contributed by atoms with Crippen molar-refractivity contribution in [2.45, 2.75) is 20.5 Å². The number of fused-ring (bicyclic) bond motifs is 3. The van der Waals surface area contributed by atoms with Crippen LogP contribution in [0.1, 0.15) is 10.4 Å². The lowest BCUT2D eigenvalue weighted by Crippen LogP contribution is -2.29. The zero-order valence-corrected chi connectivity index (χ0v) is 11.3. The Kier molecular flexibility index (Phi) is 2.21. The van der Waals surface area contributed by atoms with Crippen LogP contribution < -0.4 is 0 Å². The topological polar surface area (TPSA) is 60.2 Å². The van der Waals surface area contributed by atoms with E-state index in [0.717, 1.165) is 0 Å². The van der Waals surface area contributed by atoms with Gasteiger partial charge in [-0.2, -0.15) is 0 Å². The number of hydrogen-bond acceptors (Lipinski definition) is 5. The summed E-state index contributed by atoms with van der Waals surface area (Å²) >= 11 is 3.64. The Morgan fingerprint density at radius 1 is 1.32 bits per heavy atom. The maximum Gasteiger partial charge on any atom is 0.269 e. The van der Waals surface area contributed by atoms with Crippen molar-refractivity contribution in [3.05, 3.63) is 52.1 Å². The Morgan fingerprint density at radius 2 is 2.05 bits per heavy atom. The lowest BCUT2D eigenvalue weighted by molar-refractivity contribution is -0.384. The first-order valence-corrected chi connectivity index (χ1v) is 7.76. The number of Topliss-reactive ketones (excluding diaryl/α,β-unsaturated/α-hetero) is 1. The van der Waals surface area contributed by atoms with Crippen molar-refractivity contribution < 1.29 is 9.72 Å². The van der Waals surface area contributed by atoms with Gasteiger partial charge in [0.25, 0.3) is 5.69 Å². The first-order chi connectivity index (χ1) is 9.12. The van der Waals surface area contributed by atoms with E-state index >= 15 is 0 Å². The molecule has 0 amide bonds. The van der Waals surface area contributed by atoms with Gasteiger partial charge in [-0.25, -0.2) is 0 Å². The van der Waals surface area contributed by atoms with Crippen molar-refractivity contribution in [2.75, 3.05) is 0 Å². The predicted octanol–water partition coefficient (Wildman–Crippen LogP) is 2.69. The van der Waals surface area contributed by atoms with Gasteiger partial charge in [-0.3, -0.25) is 14.9 Å². The van der Waals surface area contributed by atoms with Crippen LogP contribution in [-0.4, -0.2) is 31.2 Å². The highest BCUT2D eigenvalue weighted by atomic mass is 32.2. The average molecular weight is 291 g/mol. The largest absolute Gasteiger partial charge is 0.292 e. The monoisotopic (exact) mass is 291 g/mol. The minimum absolute atomic E-state index is 0.0195. The molecule has 4 nitrogen and oxygen atoms in total. The molecule has 1 aromatic rings. The second kappa shape index (κ2) is 3.64. The fourth-order valence-electron chi connectivity index (χ4n) is 2.61. The summed E-state index contributed by atoms with van der Waals surface area (Å²) in [6.45, 7) is 0. The molecule has 0 radical (unpaired) electrons. The van der Waals surface area contributed by atoms with Crippen LogP contribution in [0.2, 0.25) is 0 Å². The smallest absolute Gasteiger partial charge is 0.269 e. The number of hydrogen-bond donors (Lipinski definition) is 0. The molecule has 0 spiro atoms. The molecule has 1 aliphatic carbocycles. The summed E-state index contributed by atoms with van der Waals surface area (Å²) in [6.07, 6.45) is 4.17. The molecule has 19 heavy (non-hydrogen) atoms. The molecule has 96 valence electrons. The van der Waals surface area contributed by atoms with Gasteiger partial charge >= 0.3 is 0 Å². The van der Waals surface area contributed by atoms with Crippen LogP contribution in [0.15, 0.2) is 36.4 Å². The molecule has 2 heterocycles. The Labute approximate surface area is 117 Å². The fraction of sp³-hybridized carbons (Fsp3) is 0.308. The van der Waals surface area contributed by atoms with Crippen LogP contribution in [0.5, 0.6) is 0 Å². The third-order valence-corrected chi connectivity index (χ3v) is 6.91. The van der Waals surface area contributed by atoms with Crippen molar-refractivity contribution >= 4 is 35.0 Å². The van der Waals surface area contributed by atoms with Crippen LogP contribution >= 0.6 is 23.5 Å². The molecular weight excluding hydrogens is 282 g/mol. The number of carbonyl (C=O) groups excluding carboxylic acids is 1. The van der Waals surface area contributed by atoms with Gasteiger partial charge in [0.1, 0.15) is 4.75 Å². The molecule has 0 saturated carbocycles. The molecule has 4 rings (SSSR count). The van der Waals surface area contributed by atoms with Gasteiger partial charge in [0.15, 0.2) is 5.78 Å². The van der Waals surface area contributed by atoms with Gasteiger partial charge in [-0.1, -0.05) is 12.2 Å². The zero-order chi connectivity index (χ0) is 13.2. The van der Waals surface area contributed by atoms with Gasteiger partial charge in [-0.15, -0.1) is 23.5 Å². The summed E-state index contributed by atoms with van der Waals surface area (Å²) in [5.41, 5.74) is 0.584. The van der Waals surface area contributed by atoms with E-state index in [1.807, 2.05) is 17.8 Å². The van der Waals surface area contributed by atoms with E-state index in [9.17, 15) is 14.9 Å². The highest BCUT2D eigenvalue weighted by Gasteiger charge is 2.69. The van der Waals surface area contributed by atoms with E-state index in [1.165, 1.54) is 12.1 Å². The second-order valence-corrected chi connectivity index (χ2v) is 7.67. The zero-order valence-electron chi connectivity index (χ0n) is 9.68. The molecule has 0 bridgehead atoms. The summed E-state index contributed by atoms with van der Waals surface area (Å²) in [7, 11) is 0. The number of ketones is 1. The molecule has 3 aliphatic rings. The summed E-state index contributed by atoms with van der Waals surface area (Å²) in [4.78, 5) is 22.7. The van der Waals surface area contributed by atoms with Crippen LogP contribution in [0.3, 0.4) is 0 Å². The Bertz CT molecular complexity index is 627. The van der Waals surface area contributed by atoms with Gasteiger partial charge in [-0.05, 0) is 12.1 Å². The summed E-state index contributed by atoms with van der Waals surface area (Å²) in [5.74, 6) is 0.0830. The van der Waals surface area contributed by atoms with Gasteiger partial charge in [0.2, 0.25) is 0 Å². The molecule has 4 unspecified atom stereocenters. The molecule has 6 heteroatoms. The molecule has 0 N–H and O–H groups in total. The maximum atomic E-state index is 12.6. The normalized spacial score (nSPS) is 37.2. The molecule has 1 aromatic carbocycles. The minimum Gasteiger partial charge on any atom is -0.292 e. The van der Waals surface area contributed by atoms with E-state index in [0.29, 0.717) is 21.3 Å². The lowest BCUT2D eigenvalue weighted by Gasteiger charge is -2.11. The number of carbonyl (C=O) groups is 1. The Morgan fingerprint density at radius 3 is 2.74 bits per heavy atom. The lowest BCUT2D eigenvalue weighted by atomic mass is 9.89. The molecule has 2 aliphatic heterocycles. The Hall–Kier alpha value is -1.27. The standard InChI is InChI=1S/C13H9NO3S2/c15-11(7-1-3-8(4-2-7)14(16)17)13-6-5-9-10(18-9)12(13)19-13/h1-6,9-10,12H. The maximum absolute atomic E-state index is 12.6. The van der Waals surface area contributed by atoms with Crippen molar-refractivity contribution in [3.63, 3.8) is 0 Å². The van der Waals surface area contributed by atoms with Gasteiger partial charge in [0, 0.05) is 33.4 Å². The van der Waals surface area contributed by atoms with Crippen molar-refractivity contribution in [2.24, 2.45) is 0 Å². The minimum atomic E-state index is -0.451. The molecule has 2 fully saturated rings. The predicted molar refractivity (Wildman–Crippen MR) is 75.8 cm³/mol. The van der Waals surface area contributed by atoms with E-state index in [4.69, 9.17) is 0 Å². The quantitative estimate of drug-likeness (QED) is 0.282. The molecule has 4 atom stereocenters. The summed E-state index contributed by atoms with van der Waals surface area (Å²) in [6, 6.07) is 5.91. The van der Waals surface area contributed by atoms with E-state index in [1.54, 1.807) is 23.9 Å². The number of benzene rings is 1. The third-order valence-electron chi connectivity index (χ3n) is 3.78. The fourth-order valence-corrected chi connectivity index (χ4v) is 5.57. The Balaban J connectivity index is 1.63. The van der Waals surface area contributed by atoms with E-state index in [2.05, 4.69) is 6.08 Å². The van der Waals surface area contributed by atoms with Crippen molar-refractivity contribution in [1.82, 2.24) is 0 Å². The highest BCUT2D eigenvalue weighted by Crippen LogP contribution is 2.69. The number of nitrogens with zero attached hydrogens (tertiary/aromatic N) is 1. The number of thioether (sulfide) groups is 2. The third kappa shape index (κ3) is 1.59. The first-order valence-electron chi connectivity index (χ1n) is 5.94. The van der Waals surface area contributed by atoms with Gasteiger partial charge in [0.05, 0.1) is 4.92 Å².